The van der Waals surface area contributed by atoms with Crippen LogP contribution in [-0.2, 0) is 11.2 Å². The van der Waals surface area contributed by atoms with Gasteiger partial charge in [-0.2, -0.15) is 0 Å². The van der Waals surface area contributed by atoms with Gasteiger partial charge in [0, 0.05) is 16.6 Å². The quantitative estimate of drug-likeness (QED) is 0.412. The molecule has 1 aliphatic rings. The zero-order valence-electron chi connectivity index (χ0n) is 20.2. The Labute approximate surface area is 208 Å². The molecule has 0 bridgehead atoms. The highest BCUT2D eigenvalue weighted by Gasteiger charge is 2.23. The van der Waals surface area contributed by atoms with Crippen molar-refractivity contribution in [3.63, 3.8) is 0 Å². The Bertz CT molecular complexity index is 1430. The van der Waals surface area contributed by atoms with Crippen LogP contribution >= 0.6 is 0 Å². The van der Waals surface area contributed by atoms with E-state index < -0.39 is 5.97 Å². The number of hydrogen-bond acceptors (Lipinski definition) is 5. The minimum Gasteiger partial charge on any atom is -0.493 e. The van der Waals surface area contributed by atoms with E-state index in [1.807, 2.05) is 61.5 Å². The fourth-order valence-corrected chi connectivity index (χ4v) is 4.62. The molecule has 4 aromatic rings. The summed E-state index contributed by atoms with van der Waals surface area (Å²) in [6.07, 6.45) is -0.141. The summed E-state index contributed by atoms with van der Waals surface area (Å²) in [5, 5.41) is 10.1. The summed E-state index contributed by atoms with van der Waals surface area (Å²) in [6, 6.07) is 20.4. The van der Waals surface area contributed by atoms with E-state index in [0.29, 0.717) is 47.9 Å². The summed E-state index contributed by atoms with van der Waals surface area (Å²) in [5.41, 5.74) is 3.29. The second-order valence-electron chi connectivity index (χ2n) is 9.01. The number of ether oxygens (including phenoxy) is 3. The van der Waals surface area contributed by atoms with Crippen LogP contribution in [-0.4, -0.2) is 41.4 Å². The molecule has 1 N–H and O–H groups in total. The maximum atomic E-state index is 13.6. The van der Waals surface area contributed by atoms with E-state index >= 15 is 0 Å². The van der Waals surface area contributed by atoms with E-state index in [1.165, 1.54) is 0 Å². The number of hydrogen-bond donors (Lipinski definition) is 1. The molecule has 36 heavy (non-hydrogen) atoms. The predicted molar refractivity (Wildman–Crippen MR) is 135 cm³/mol. The second kappa shape index (κ2) is 9.77. The number of carbonyl (C=O) groups is 2. The molecular weight excluding hydrogens is 458 g/mol. The Morgan fingerprint density at radius 1 is 0.972 bits per heavy atom. The van der Waals surface area contributed by atoms with E-state index in [-0.39, 0.29) is 18.2 Å². The lowest BCUT2D eigenvalue weighted by Crippen LogP contribution is -2.24. The molecule has 0 aliphatic carbocycles. The molecule has 184 valence electrons. The molecule has 2 heterocycles. The summed E-state index contributed by atoms with van der Waals surface area (Å²) in [4.78, 5) is 25.0. The van der Waals surface area contributed by atoms with Gasteiger partial charge in [0.15, 0.2) is 11.5 Å². The molecule has 0 saturated carbocycles. The van der Waals surface area contributed by atoms with Crippen molar-refractivity contribution in [2.24, 2.45) is 5.92 Å². The molecule has 3 aromatic carbocycles. The molecule has 7 nitrogen and oxygen atoms in total. The zero-order valence-corrected chi connectivity index (χ0v) is 20.2. The van der Waals surface area contributed by atoms with Crippen LogP contribution in [0.4, 0.5) is 0 Å². The van der Waals surface area contributed by atoms with Crippen molar-refractivity contribution in [3.8, 4) is 17.2 Å². The molecule has 0 saturated heterocycles. The maximum Gasteiger partial charge on any atom is 0.307 e. The predicted octanol–water partition coefficient (Wildman–Crippen LogP) is 5.04. The molecule has 5 rings (SSSR count). The smallest absolute Gasteiger partial charge is 0.307 e. The van der Waals surface area contributed by atoms with E-state index in [1.54, 1.807) is 23.6 Å². The van der Waals surface area contributed by atoms with Crippen LogP contribution in [0.2, 0.25) is 0 Å². The van der Waals surface area contributed by atoms with E-state index in [0.717, 1.165) is 22.4 Å². The summed E-state index contributed by atoms with van der Waals surface area (Å²) >= 11 is 0. The number of carboxylic acids is 1. The van der Waals surface area contributed by atoms with Crippen molar-refractivity contribution in [2.75, 3.05) is 19.8 Å². The standard InChI is InChI=1S/C29H27NO6/c1-18-13-21(34-15-20-16-35-26-9-5-6-10-27(26)36-17-20)11-12-22(18)29(33)30-19(2)24(14-28(31)32)23-7-3-4-8-25(23)30/h3-13,20H,14-17H2,1-2H3,(H,31,32). The maximum absolute atomic E-state index is 13.6. The Morgan fingerprint density at radius 2 is 1.64 bits per heavy atom. The fraction of sp³-hybridized carbons (Fsp3) is 0.241. The fourth-order valence-electron chi connectivity index (χ4n) is 4.62. The van der Waals surface area contributed by atoms with Crippen LogP contribution in [0.25, 0.3) is 10.9 Å². The molecule has 7 heteroatoms. The number of aliphatic carboxylic acids is 1. The third kappa shape index (κ3) is 4.52. The van der Waals surface area contributed by atoms with Crippen molar-refractivity contribution >= 4 is 22.8 Å². The lowest BCUT2D eigenvalue weighted by atomic mass is 10.1. The number of nitrogens with zero attached hydrogens (tertiary/aromatic N) is 1. The van der Waals surface area contributed by atoms with Gasteiger partial charge < -0.3 is 19.3 Å². The van der Waals surface area contributed by atoms with Crippen LogP contribution in [0.15, 0.2) is 66.7 Å². The van der Waals surface area contributed by atoms with Gasteiger partial charge in [0.1, 0.15) is 5.75 Å². The highest BCUT2D eigenvalue weighted by molar-refractivity contribution is 6.05. The lowest BCUT2D eigenvalue weighted by molar-refractivity contribution is -0.136. The average molecular weight is 486 g/mol. The van der Waals surface area contributed by atoms with Gasteiger partial charge in [0.2, 0.25) is 0 Å². The molecule has 0 amide bonds. The number of aromatic nitrogens is 1. The van der Waals surface area contributed by atoms with Crippen LogP contribution < -0.4 is 14.2 Å². The minimum absolute atomic E-state index is 0.0561. The van der Waals surface area contributed by atoms with Gasteiger partial charge in [-0.05, 0) is 61.4 Å². The minimum atomic E-state index is -0.931. The molecule has 1 aliphatic heterocycles. The number of aryl methyl sites for hydroxylation is 1. The van der Waals surface area contributed by atoms with Crippen molar-refractivity contribution < 1.29 is 28.9 Å². The van der Waals surface area contributed by atoms with Gasteiger partial charge in [-0.15, -0.1) is 0 Å². The van der Waals surface area contributed by atoms with Gasteiger partial charge in [0.25, 0.3) is 5.91 Å². The van der Waals surface area contributed by atoms with Gasteiger partial charge in [0.05, 0.1) is 37.7 Å². The molecule has 0 fully saturated rings. The van der Waals surface area contributed by atoms with Crippen molar-refractivity contribution in [2.45, 2.75) is 20.3 Å². The number of carbonyl (C=O) groups excluding carboxylic acids is 1. The lowest BCUT2D eigenvalue weighted by Gasteiger charge is -2.16. The number of carboxylic acid groups (broad SMARTS) is 1. The Balaban J connectivity index is 1.33. The van der Waals surface area contributed by atoms with Crippen molar-refractivity contribution in [1.29, 1.82) is 0 Å². The molecule has 1 aromatic heterocycles. The monoisotopic (exact) mass is 485 g/mol. The van der Waals surface area contributed by atoms with Gasteiger partial charge >= 0.3 is 5.97 Å². The van der Waals surface area contributed by atoms with Gasteiger partial charge in [-0.1, -0.05) is 30.3 Å². The second-order valence-corrected chi connectivity index (χ2v) is 9.01. The number of benzene rings is 3. The largest absolute Gasteiger partial charge is 0.493 e. The topological polar surface area (TPSA) is 87.0 Å². The van der Waals surface area contributed by atoms with Gasteiger partial charge in [-0.25, -0.2) is 0 Å². The summed E-state index contributed by atoms with van der Waals surface area (Å²) < 4.78 is 19.3. The van der Waals surface area contributed by atoms with Crippen LogP contribution in [0.1, 0.15) is 27.2 Å². The molecular formula is C29H27NO6. The van der Waals surface area contributed by atoms with Crippen LogP contribution in [0, 0.1) is 19.8 Å². The SMILES string of the molecule is Cc1cc(OCC2COc3ccccc3OC2)ccc1C(=O)n1c(C)c(CC(=O)O)c2ccccc21. The Kier molecular flexibility index (Phi) is 6.38. The van der Waals surface area contributed by atoms with Crippen LogP contribution in [0.3, 0.4) is 0 Å². The zero-order chi connectivity index (χ0) is 25.2. The van der Waals surface area contributed by atoms with E-state index in [4.69, 9.17) is 14.2 Å². The van der Waals surface area contributed by atoms with Crippen LogP contribution in [0.5, 0.6) is 17.2 Å². The summed E-state index contributed by atoms with van der Waals surface area (Å²) in [6.45, 7) is 5.06. The molecule has 0 radical (unpaired) electrons. The number of rotatable bonds is 6. The third-order valence-electron chi connectivity index (χ3n) is 6.49. The van der Waals surface area contributed by atoms with E-state index in [2.05, 4.69) is 0 Å². The first-order valence-electron chi connectivity index (χ1n) is 11.9. The Hall–Kier alpha value is -4.26. The number of para-hydroxylation sites is 3. The Morgan fingerprint density at radius 3 is 2.31 bits per heavy atom. The third-order valence-corrected chi connectivity index (χ3v) is 6.49. The highest BCUT2D eigenvalue weighted by atomic mass is 16.5. The summed E-state index contributed by atoms with van der Waals surface area (Å²) in [5.74, 6) is 1.05. The average Bonchev–Trinajstić information content (AvgIpc) is 3.01. The van der Waals surface area contributed by atoms with Crippen molar-refractivity contribution in [3.05, 3.63) is 89.1 Å². The van der Waals surface area contributed by atoms with Gasteiger partial charge in [-0.3, -0.25) is 14.2 Å². The van der Waals surface area contributed by atoms with Crippen molar-refractivity contribution in [1.82, 2.24) is 4.57 Å². The normalized spacial score (nSPS) is 13.4. The first-order valence-corrected chi connectivity index (χ1v) is 11.9. The molecule has 0 unspecified atom stereocenters. The molecule has 0 atom stereocenters. The first kappa shape index (κ1) is 23.5. The molecule has 0 spiro atoms. The highest BCUT2D eigenvalue weighted by Crippen LogP contribution is 2.31. The summed E-state index contributed by atoms with van der Waals surface area (Å²) in [7, 11) is 0. The first-order chi connectivity index (χ1) is 17.4. The van der Waals surface area contributed by atoms with E-state index in [9.17, 15) is 14.7 Å². The number of fused-ring (bicyclic) bond motifs is 2.